The van der Waals surface area contributed by atoms with Gasteiger partial charge < -0.3 is 5.32 Å². The second-order valence-electron chi connectivity index (χ2n) is 7.89. The lowest BCUT2D eigenvalue weighted by Gasteiger charge is -2.28. The van der Waals surface area contributed by atoms with Crippen molar-refractivity contribution in [2.24, 2.45) is 5.92 Å². The van der Waals surface area contributed by atoms with Gasteiger partial charge in [-0.05, 0) is 50.5 Å². The highest BCUT2D eigenvalue weighted by Crippen LogP contribution is 2.31. The Labute approximate surface area is 186 Å². The van der Waals surface area contributed by atoms with Crippen LogP contribution in [0.15, 0.2) is 53.9 Å². The molecule has 0 bridgehead atoms. The van der Waals surface area contributed by atoms with Crippen LogP contribution >= 0.6 is 11.8 Å². The number of nitrogens with one attached hydrogen (secondary N) is 1. The van der Waals surface area contributed by atoms with Gasteiger partial charge in [0.05, 0.1) is 17.0 Å². The van der Waals surface area contributed by atoms with Crippen molar-refractivity contribution in [2.45, 2.75) is 50.6 Å². The molecule has 3 aromatic rings. The van der Waals surface area contributed by atoms with Crippen molar-refractivity contribution in [1.29, 1.82) is 5.26 Å². The molecule has 2 atom stereocenters. The molecule has 7 nitrogen and oxygen atoms in total. The van der Waals surface area contributed by atoms with Gasteiger partial charge in [-0.3, -0.25) is 14.3 Å². The lowest BCUT2D eigenvalue weighted by atomic mass is 9.90. The Morgan fingerprint density at radius 2 is 1.94 bits per heavy atom. The Balaban J connectivity index is 1.97. The lowest BCUT2D eigenvalue weighted by Crippen LogP contribution is -2.51. The number of aromatic nitrogens is 4. The average Bonchev–Trinajstić information content (AvgIpc) is 3.17. The number of carbonyl (C=O) groups excluding carboxylic acids is 1. The third-order valence-corrected chi connectivity index (χ3v) is 6.37. The van der Waals surface area contributed by atoms with Gasteiger partial charge in [0.25, 0.3) is 0 Å². The van der Waals surface area contributed by atoms with E-state index in [9.17, 15) is 10.1 Å². The molecule has 0 aliphatic heterocycles. The van der Waals surface area contributed by atoms with E-state index in [1.807, 2.05) is 61.7 Å². The van der Waals surface area contributed by atoms with E-state index in [4.69, 9.17) is 0 Å². The molecule has 0 aliphatic rings. The van der Waals surface area contributed by atoms with Crippen LogP contribution in [0.4, 0.5) is 0 Å². The van der Waals surface area contributed by atoms with Crippen LogP contribution in [0.3, 0.4) is 0 Å². The third-order valence-electron chi connectivity index (χ3n) is 5.33. The fourth-order valence-electron chi connectivity index (χ4n) is 2.93. The van der Waals surface area contributed by atoms with Gasteiger partial charge in [-0.25, -0.2) is 0 Å². The van der Waals surface area contributed by atoms with Gasteiger partial charge in [0.2, 0.25) is 5.91 Å². The van der Waals surface area contributed by atoms with Crippen LogP contribution in [-0.4, -0.2) is 36.4 Å². The number of benzene rings is 1. The van der Waals surface area contributed by atoms with E-state index in [2.05, 4.69) is 26.6 Å². The highest BCUT2D eigenvalue weighted by Gasteiger charge is 2.32. The molecular weight excluding hydrogens is 408 g/mol. The van der Waals surface area contributed by atoms with Crippen LogP contribution < -0.4 is 5.32 Å². The van der Waals surface area contributed by atoms with Crippen molar-refractivity contribution in [3.8, 4) is 23.1 Å². The van der Waals surface area contributed by atoms with E-state index < -0.39 is 10.8 Å². The summed E-state index contributed by atoms with van der Waals surface area (Å²) in [6.07, 6.45) is 3.45. The summed E-state index contributed by atoms with van der Waals surface area (Å²) in [5.41, 5.74) is 1.89. The number of aryl methyl sites for hydroxylation is 1. The molecule has 160 valence electrons. The van der Waals surface area contributed by atoms with Gasteiger partial charge in [-0.1, -0.05) is 43.8 Å². The van der Waals surface area contributed by atoms with Crippen molar-refractivity contribution < 1.29 is 4.79 Å². The van der Waals surface area contributed by atoms with Crippen LogP contribution in [0.5, 0.6) is 0 Å². The molecule has 2 unspecified atom stereocenters. The van der Waals surface area contributed by atoms with E-state index >= 15 is 0 Å². The Morgan fingerprint density at radius 3 is 2.55 bits per heavy atom. The predicted molar refractivity (Wildman–Crippen MR) is 122 cm³/mol. The number of para-hydroxylation sites is 1. The number of pyridine rings is 1. The van der Waals surface area contributed by atoms with Gasteiger partial charge in [0.15, 0.2) is 11.0 Å². The molecular formula is C23H26N6OS. The summed E-state index contributed by atoms with van der Waals surface area (Å²) in [7, 11) is 0. The van der Waals surface area contributed by atoms with E-state index in [-0.39, 0.29) is 11.8 Å². The number of hydrogen-bond donors (Lipinski definition) is 1. The van der Waals surface area contributed by atoms with Crippen molar-refractivity contribution in [3.05, 3.63) is 54.4 Å². The summed E-state index contributed by atoms with van der Waals surface area (Å²) in [5, 5.41) is 21.3. The number of carbonyl (C=O) groups is 1. The second kappa shape index (κ2) is 9.31. The van der Waals surface area contributed by atoms with Crippen LogP contribution in [0.2, 0.25) is 0 Å². The highest BCUT2D eigenvalue weighted by molar-refractivity contribution is 8.00. The SMILES string of the molecule is Cc1ccccc1-n1c(SC(C)C(=O)NC(C)(C#N)C(C)C)nnc1-c1cccnc1. The van der Waals surface area contributed by atoms with Gasteiger partial charge in [0, 0.05) is 18.0 Å². The first-order valence-electron chi connectivity index (χ1n) is 10.1. The lowest BCUT2D eigenvalue weighted by molar-refractivity contribution is -0.121. The third kappa shape index (κ3) is 4.78. The monoisotopic (exact) mass is 434 g/mol. The number of nitrogens with zero attached hydrogens (tertiary/aromatic N) is 5. The number of hydrogen-bond acceptors (Lipinski definition) is 6. The summed E-state index contributed by atoms with van der Waals surface area (Å²) in [4.78, 5) is 17.1. The van der Waals surface area contributed by atoms with E-state index in [0.717, 1.165) is 16.8 Å². The molecule has 3 rings (SSSR count). The van der Waals surface area contributed by atoms with Crippen molar-refractivity contribution >= 4 is 17.7 Å². The smallest absolute Gasteiger partial charge is 0.234 e. The Hall–Kier alpha value is -3.18. The predicted octanol–water partition coefficient (Wildman–Crippen LogP) is 4.17. The minimum atomic E-state index is -0.934. The summed E-state index contributed by atoms with van der Waals surface area (Å²) >= 11 is 1.31. The summed E-state index contributed by atoms with van der Waals surface area (Å²) in [5.74, 6) is 0.415. The zero-order valence-electron chi connectivity index (χ0n) is 18.3. The largest absolute Gasteiger partial charge is 0.337 e. The van der Waals surface area contributed by atoms with E-state index in [1.165, 1.54) is 11.8 Å². The molecule has 2 heterocycles. The minimum Gasteiger partial charge on any atom is -0.337 e. The Morgan fingerprint density at radius 1 is 1.19 bits per heavy atom. The molecule has 0 saturated heterocycles. The van der Waals surface area contributed by atoms with E-state index in [0.29, 0.717) is 11.0 Å². The van der Waals surface area contributed by atoms with Crippen LogP contribution in [0.25, 0.3) is 17.1 Å². The molecule has 8 heteroatoms. The summed E-state index contributed by atoms with van der Waals surface area (Å²) < 4.78 is 1.95. The normalized spacial score (nSPS) is 14.0. The highest BCUT2D eigenvalue weighted by atomic mass is 32.2. The van der Waals surface area contributed by atoms with Crippen LogP contribution in [0, 0.1) is 24.2 Å². The molecule has 0 fully saturated rings. The molecule has 0 spiro atoms. The molecule has 31 heavy (non-hydrogen) atoms. The summed E-state index contributed by atoms with van der Waals surface area (Å²) in [6, 6.07) is 14.0. The number of rotatable bonds is 7. The quantitative estimate of drug-likeness (QED) is 0.561. The van der Waals surface area contributed by atoms with Gasteiger partial charge in [0.1, 0.15) is 5.54 Å². The molecule has 0 aliphatic carbocycles. The fraction of sp³-hybridized carbons (Fsp3) is 0.348. The Bertz CT molecular complexity index is 1100. The van der Waals surface area contributed by atoms with Crippen LogP contribution in [0.1, 0.15) is 33.3 Å². The zero-order valence-corrected chi connectivity index (χ0v) is 19.1. The molecule has 1 N–H and O–H groups in total. The molecule has 2 aromatic heterocycles. The van der Waals surface area contributed by atoms with Gasteiger partial charge in [-0.2, -0.15) is 5.26 Å². The average molecular weight is 435 g/mol. The first-order valence-corrected chi connectivity index (χ1v) is 11.0. The van der Waals surface area contributed by atoms with Crippen molar-refractivity contribution in [1.82, 2.24) is 25.1 Å². The zero-order chi connectivity index (χ0) is 22.6. The number of thioether (sulfide) groups is 1. The topological polar surface area (TPSA) is 96.5 Å². The van der Waals surface area contributed by atoms with Crippen molar-refractivity contribution in [2.75, 3.05) is 0 Å². The molecule has 1 aromatic carbocycles. The molecule has 1 amide bonds. The maximum atomic E-state index is 12.9. The minimum absolute atomic E-state index is 0.0218. The fourth-order valence-corrected chi connectivity index (χ4v) is 3.79. The number of nitriles is 1. The molecule has 0 radical (unpaired) electrons. The van der Waals surface area contributed by atoms with Gasteiger partial charge >= 0.3 is 0 Å². The van der Waals surface area contributed by atoms with E-state index in [1.54, 1.807) is 26.2 Å². The van der Waals surface area contributed by atoms with Crippen LogP contribution in [-0.2, 0) is 4.79 Å². The maximum absolute atomic E-state index is 12.9. The summed E-state index contributed by atoms with van der Waals surface area (Å²) in [6.45, 7) is 9.39. The maximum Gasteiger partial charge on any atom is 0.234 e. The molecule has 0 saturated carbocycles. The number of amides is 1. The van der Waals surface area contributed by atoms with Crippen molar-refractivity contribution in [3.63, 3.8) is 0 Å². The first kappa shape index (κ1) is 22.5. The standard InChI is InChI=1S/C23H26N6OS/c1-15(2)23(5,14-24)26-21(30)17(4)31-22-28-27-20(18-10-8-12-25-13-18)29(22)19-11-7-6-9-16(19)3/h6-13,15,17H,1-5H3,(H,26,30). The first-order chi connectivity index (χ1) is 14.8. The van der Waals surface area contributed by atoms with Gasteiger partial charge in [-0.15, -0.1) is 10.2 Å². The second-order valence-corrected chi connectivity index (χ2v) is 9.20. The Kier molecular flexibility index (Phi) is 6.76.